The Morgan fingerprint density at radius 3 is 2.44 bits per heavy atom. The molecular formula is C31H31ClN2O5. The molecule has 0 bridgehead atoms. The third-order valence-corrected chi connectivity index (χ3v) is 7.31. The lowest BCUT2D eigenvalue weighted by Crippen LogP contribution is -2.38. The second-order valence-electron chi connectivity index (χ2n) is 9.65. The Hall–Kier alpha value is -3.65. The predicted molar refractivity (Wildman–Crippen MR) is 150 cm³/mol. The lowest BCUT2D eigenvalue weighted by molar-refractivity contribution is -0.140. The third kappa shape index (κ3) is 6.33. The molecule has 202 valence electrons. The lowest BCUT2D eigenvalue weighted by Gasteiger charge is -2.29. The van der Waals surface area contributed by atoms with Crippen LogP contribution >= 0.6 is 11.6 Å². The minimum absolute atomic E-state index is 0.0638. The van der Waals surface area contributed by atoms with Crippen molar-refractivity contribution < 1.29 is 24.2 Å². The van der Waals surface area contributed by atoms with Gasteiger partial charge in [0.1, 0.15) is 18.1 Å². The highest BCUT2D eigenvalue weighted by atomic mass is 35.5. The second-order valence-corrected chi connectivity index (χ2v) is 10.1. The number of ether oxygens (including phenoxy) is 2. The number of carbonyl (C=O) groups is 2. The van der Waals surface area contributed by atoms with Crippen LogP contribution in [0.25, 0.3) is 5.76 Å². The van der Waals surface area contributed by atoms with Crippen LogP contribution in [0.15, 0.2) is 84.4 Å². The van der Waals surface area contributed by atoms with Gasteiger partial charge in [0.15, 0.2) is 0 Å². The van der Waals surface area contributed by atoms with E-state index in [0.717, 1.165) is 25.2 Å². The van der Waals surface area contributed by atoms with E-state index in [1.807, 2.05) is 54.6 Å². The van der Waals surface area contributed by atoms with E-state index in [1.54, 1.807) is 29.2 Å². The predicted octanol–water partition coefficient (Wildman–Crippen LogP) is 5.06. The number of benzene rings is 3. The first-order valence-corrected chi connectivity index (χ1v) is 13.5. The van der Waals surface area contributed by atoms with E-state index < -0.39 is 17.7 Å². The number of hydrogen-bond donors (Lipinski definition) is 1. The van der Waals surface area contributed by atoms with E-state index in [0.29, 0.717) is 54.7 Å². The fraction of sp³-hybridized carbons (Fsp3) is 0.290. The largest absolute Gasteiger partial charge is 0.507 e. The number of rotatable bonds is 9. The quantitative estimate of drug-likeness (QED) is 0.229. The molecule has 2 aliphatic rings. The van der Waals surface area contributed by atoms with Gasteiger partial charge in [-0.2, -0.15) is 0 Å². The van der Waals surface area contributed by atoms with Crippen LogP contribution in [0.1, 0.15) is 29.2 Å². The molecule has 1 unspecified atom stereocenters. The monoisotopic (exact) mass is 546 g/mol. The summed E-state index contributed by atoms with van der Waals surface area (Å²) in [4.78, 5) is 30.5. The van der Waals surface area contributed by atoms with Crippen LogP contribution in [0.4, 0.5) is 0 Å². The zero-order chi connectivity index (χ0) is 27.2. The molecule has 2 fully saturated rings. The van der Waals surface area contributed by atoms with E-state index in [4.69, 9.17) is 21.1 Å². The molecule has 0 aliphatic carbocycles. The van der Waals surface area contributed by atoms with Crippen molar-refractivity contribution in [1.29, 1.82) is 0 Å². The van der Waals surface area contributed by atoms with E-state index in [-0.39, 0.29) is 11.3 Å². The minimum Gasteiger partial charge on any atom is -0.507 e. The smallest absolute Gasteiger partial charge is 0.295 e. The maximum absolute atomic E-state index is 13.3. The van der Waals surface area contributed by atoms with E-state index in [2.05, 4.69) is 4.90 Å². The van der Waals surface area contributed by atoms with Crippen molar-refractivity contribution >= 4 is 29.1 Å². The van der Waals surface area contributed by atoms with Gasteiger partial charge in [-0.15, -0.1) is 0 Å². The van der Waals surface area contributed by atoms with Crippen molar-refractivity contribution in [3.8, 4) is 5.75 Å². The van der Waals surface area contributed by atoms with Crippen molar-refractivity contribution in [2.45, 2.75) is 19.1 Å². The summed E-state index contributed by atoms with van der Waals surface area (Å²) < 4.78 is 11.5. The Balaban J connectivity index is 1.45. The van der Waals surface area contributed by atoms with Gasteiger partial charge in [-0.25, -0.2) is 0 Å². The average Bonchev–Trinajstić information content (AvgIpc) is 3.22. The molecular weight excluding hydrogens is 516 g/mol. The third-order valence-electron chi connectivity index (χ3n) is 7.06. The number of aliphatic hydroxyl groups is 1. The summed E-state index contributed by atoms with van der Waals surface area (Å²) in [5.41, 5.74) is 2.21. The summed E-state index contributed by atoms with van der Waals surface area (Å²) in [6.45, 7) is 4.63. The number of aliphatic hydroxyl groups excluding tert-OH is 1. The number of likely N-dealkylation sites (tertiary alicyclic amines) is 1. The summed E-state index contributed by atoms with van der Waals surface area (Å²) in [6, 6.07) is 23.0. The first-order valence-electron chi connectivity index (χ1n) is 13.1. The first-order chi connectivity index (χ1) is 19.0. The molecule has 1 atom stereocenters. The first kappa shape index (κ1) is 26.9. The van der Waals surface area contributed by atoms with Crippen LogP contribution < -0.4 is 4.74 Å². The van der Waals surface area contributed by atoms with Crippen molar-refractivity contribution in [3.63, 3.8) is 0 Å². The molecule has 39 heavy (non-hydrogen) atoms. The van der Waals surface area contributed by atoms with Crippen molar-refractivity contribution in [1.82, 2.24) is 9.80 Å². The zero-order valence-corrected chi connectivity index (χ0v) is 22.3. The van der Waals surface area contributed by atoms with E-state index in [1.165, 1.54) is 0 Å². The van der Waals surface area contributed by atoms with Crippen LogP contribution in [0.3, 0.4) is 0 Å². The summed E-state index contributed by atoms with van der Waals surface area (Å²) in [5.74, 6) is -0.925. The molecule has 1 amide bonds. The van der Waals surface area contributed by atoms with Gasteiger partial charge >= 0.3 is 0 Å². The molecule has 2 aliphatic heterocycles. The molecule has 8 heteroatoms. The molecule has 3 aromatic rings. The van der Waals surface area contributed by atoms with Gasteiger partial charge in [0.05, 0.1) is 24.8 Å². The fourth-order valence-electron chi connectivity index (χ4n) is 5.03. The van der Waals surface area contributed by atoms with Crippen LogP contribution in [0.2, 0.25) is 5.02 Å². The summed E-state index contributed by atoms with van der Waals surface area (Å²) in [6.07, 6.45) is 0.689. The summed E-state index contributed by atoms with van der Waals surface area (Å²) in [7, 11) is 0. The fourth-order valence-corrected chi connectivity index (χ4v) is 5.15. The van der Waals surface area contributed by atoms with Crippen molar-refractivity contribution in [2.75, 3.05) is 39.4 Å². The number of hydrogen-bond acceptors (Lipinski definition) is 6. The number of Topliss-reactive ketones (excluding diaryl/α,β-unsaturated/α-hetero) is 1. The van der Waals surface area contributed by atoms with Gasteiger partial charge in [0.2, 0.25) is 0 Å². The maximum Gasteiger partial charge on any atom is 0.295 e. The Labute approximate surface area is 233 Å². The van der Waals surface area contributed by atoms with Gasteiger partial charge in [-0.3, -0.25) is 14.5 Å². The Morgan fingerprint density at radius 2 is 1.69 bits per heavy atom. The highest BCUT2D eigenvalue weighted by Crippen LogP contribution is 2.40. The normalized spacial score (nSPS) is 19.4. The van der Waals surface area contributed by atoms with Gasteiger partial charge in [0.25, 0.3) is 11.7 Å². The average molecular weight is 547 g/mol. The SMILES string of the molecule is O=C1C(=O)N(CCCN2CCOCC2)C(c2cccc(OCc3ccccc3)c2)C1=C(O)c1ccc(Cl)cc1. The van der Waals surface area contributed by atoms with Crippen LogP contribution in [0.5, 0.6) is 5.75 Å². The Kier molecular flexibility index (Phi) is 8.61. The van der Waals surface area contributed by atoms with Gasteiger partial charge in [-0.05, 0) is 53.9 Å². The number of carbonyl (C=O) groups excluding carboxylic acids is 2. The Morgan fingerprint density at radius 1 is 0.949 bits per heavy atom. The molecule has 0 aromatic heterocycles. The minimum atomic E-state index is -0.745. The molecule has 1 N–H and O–H groups in total. The molecule has 0 saturated carbocycles. The zero-order valence-electron chi connectivity index (χ0n) is 21.6. The standard InChI is InChI=1S/C31H31ClN2O5/c32-25-12-10-23(11-13-25)29(35)27-28(24-8-4-9-26(20-24)39-21-22-6-2-1-3-7-22)34(31(37)30(27)36)15-5-14-33-16-18-38-19-17-33/h1-4,6-13,20,28,35H,5,14-19,21H2. The molecule has 2 saturated heterocycles. The van der Waals surface area contributed by atoms with Gasteiger partial charge in [0, 0.05) is 36.8 Å². The number of nitrogens with zero attached hydrogens (tertiary/aromatic N) is 2. The highest BCUT2D eigenvalue weighted by molar-refractivity contribution is 6.46. The number of morpholine rings is 1. The number of ketones is 1. The van der Waals surface area contributed by atoms with E-state index >= 15 is 0 Å². The van der Waals surface area contributed by atoms with Gasteiger partial charge in [-0.1, -0.05) is 54.1 Å². The van der Waals surface area contributed by atoms with Crippen molar-refractivity contribution in [2.24, 2.45) is 0 Å². The van der Waals surface area contributed by atoms with Crippen LogP contribution in [-0.2, 0) is 20.9 Å². The van der Waals surface area contributed by atoms with Crippen molar-refractivity contribution in [3.05, 3.63) is 106 Å². The maximum atomic E-state index is 13.3. The molecule has 3 aromatic carbocycles. The van der Waals surface area contributed by atoms with Gasteiger partial charge < -0.3 is 19.5 Å². The van der Waals surface area contributed by atoms with Crippen LogP contribution in [-0.4, -0.2) is 66.0 Å². The molecule has 0 spiro atoms. The topological polar surface area (TPSA) is 79.3 Å². The highest BCUT2D eigenvalue weighted by Gasteiger charge is 2.46. The van der Waals surface area contributed by atoms with E-state index in [9.17, 15) is 14.7 Å². The number of amides is 1. The summed E-state index contributed by atoms with van der Waals surface area (Å²) >= 11 is 6.04. The molecule has 0 radical (unpaired) electrons. The Bertz CT molecular complexity index is 1340. The molecule has 7 nitrogen and oxygen atoms in total. The van der Waals surface area contributed by atoms with Crippen LogP contribution in [0, 0.1) is 0 Å². The second kappa shape index (κ2) is 12.5. The summed E-state index contributed by atoms with van der Waals surface area (Å²) in [5, 5.41) is 11.8. The molecule has 2 heterocycles. The number of halogens is 1. The lowest BCUT2D eigenvalue weighted by atomic mass is 9.95. The molecule has 5 rings (SSSR count).